The first-order valence-corrected chi connectivity index (χ1v) is 7.61. The van der Waals surface area contributed by atoms with Gasteiger partial charge in [0.05, 0.1) is 0 Å². The van der Waals surface area contributed by atoms with Crippen LogP contribution in [0.25, 0.3) is 16.6 Å². The van der Waals surface area contributed by atoms with Crippen LogP contribution < -0.4 is 26.9 Å². The van der Waals surface area contributed by atoms with E-state index in [0.717, 1.165) is 0 Å². The van der Waals surface area contributed by atoms with Crippen LogP contribution >= 0.6 is 0 Å². The van der Waals surface area contributed by atoms with Gasteiger partial charge in [0.25, 0.3) is 0 Å². The summed E-state index contributed by atoms with van der Waals surface area (Å²) in [6.07, 6.45) is 1.59. The molecular weight excluding hydrogens is 349 g/mol. The standard InChI is InChI=1S/C13H12F2IN2/c1-7(17)10-3-9-4-11(15)12(16-8(2)14)5-13(9)18-6-10/h3-6,8H,1,17H2,2H3/q-1. The average Bonchev–Trinajstić information content (AvgIpc) is 2.28. The number of hydrogen-bond donors (Lipinski definition) is 1. The van der Waals surface area contributed by atoms with E-state index in [4.69, 9.17) is 5.73 Å². The third-order valence-electron chi connectivity index (χ3n) is 2.36. The van der Waals surface area contributed by atoms with Crippen LogP contribution in [-0.2, 0) is 0 Å². The molecule has 1 atom stereocenters. The number of alkyl halides is 2. The molecule has 0 fully saturated rings. The molecule has 0 saturated heterocycles. The number of rotatable bonds is 3. The summed E-state index contributed by atoms with van der Waals surface area (Å²) in [5, 5.41) is 0.649. The van der Waals surface area contributed by atoms with Gasteiger partial charge in [-0.25, -0.2) is 0 Å². The summed E-state index contributed by atoms with van der Waals surface area (Å²) >= 11 is -0.974. The third-order valence-corrected chi connectivity index (χ3v) is 4.72. The molecule has 96 valence electrons. The monoisotopic (exact) mass is 361 g/mol. The van der Waals surface area contributed by atoms with Gasteiger partial charge < -0.3 is 0 Å². The zero-order chi connectivity index (χ0) is 13.3. The minimum atomic E-state index is -0.974. The molecule has 0 aliphatic heterocycles. The molecule has 1 heterocycles. The quantitative estimate of drug-likeness (QED) is 0.612. The summed E-state index contributed by atoms with van der Waals surface area (Å²) in [6.45, 7) is 5.06. The Hall–Kier alpha value is -1.24. The number of nitrogens with zero attached hydrogens (tertiary/aromatic N) is 1. The zero-order valence-electron chi connectivity index (χ0n) is 9.75. The van der Waals surface area contributed by atoms with Gasteiger partial charge in [-0.1, -0.05) is 0 Å². The number of aromatic nitrogens is 1. The maximum absolute atomic E-state index is 13.8. The Kier molecular flexibility index (Phi) is 3.79. The van der Waals surface area contributed by atoms with E-state index in [2.05, 4.69) is 11.6 Å². The van der Waals surface area contributed by atoms with Crippen LogP contribution in [0.4, 0.5) is 8.78 Å². The van der Waals surface area contributed by atoms with Gasteiger partial charge in [-0.2, -0.15) is 0 Å². The summed E-state index contributed by atoms with van der Waals surface area (Å²) in [7, 11) is 0. The summed E-state index contributed by atoms with van der Waals surface area (Å²) in [6, 6.07) is 4.73. The molecule has 2 N–H and O–H groups in total. The Morgan fingerprint density at radius 3 is 2.78 bits per heavy atom. The number of pyridine rings is 1. The molecule has 2 rings (SSSR count). The summed E-state index contributed by atoms with van der Waals surface area (Å²) in [4.78, 5) is 4.20. The molecule has 0 spiro atoms. The number of hydrogen-bond acceptors (Lipinski definition) is 2. The van der Waals surface area contributed by atoms with Gasteiger partial charge in [0.2, 0.25) is 0 Å². The fraction of sp³-hybridized carbons (Fsp3) is 0.154. The Balaban J connectivity index is 2.53. The van der Waals surface area contributed by atoms with E-state index in [9.17, 15) is 8.78 Å². The second-order valence-corrected chi connectivity index (χ2v) is 7.34. The first-order valence-electron chi connectivity index (χ1n) is 5.29. The molecule has 0 aliphatic rings. The summed E-state index contributed by atoms with van der Waals surface area (Å²) in [5.74, 6) is -0.374. The normalized spacial score (nSPS) is 12.8. The van der Waals surface area contributed by atoms with E-state index in [1.54, 1.807) is 18.3 Å². The van der Waals surface area contributed by atoms with E-state index < -0.39 is 25.4 Å². The second kappa shape index (κ2) is 5.17. The number of nitrogens with two attached hydrogens (primary N) is 1. The molecule has 0 saturated carbocycles. The fourth-order valence-electron chi connectivity index (χ4n) is 1.54. The van der Waals surface area contributed by atoms with Gasteiger partial charge in [-0.15, -0.1) is 0 Å². The van der Waals surface area contributed by atoms with Crippen molar-refractivity contribution >= 4 is 16.6 Å². The van der Waals surface area contributed by atoms with Gasteiger partial charge in [0.1, 0.15) is 0 Å². The van der Waals surface area contributed by atoms with Crippen LogP contribution in [-0.4, -0.2) is 9.16 Å². The van der Waals surface area contributed by atoms with E-state index in [1.807, 2.05) is 0 Å². The molecule has 18 heavy (non-hydrogen) atoms. The molecule has 0 bridgehead atoms. The van der Waals surface area contributed by atoms with Crippen molar-refractivity contribution in [3.8, 4) is 0 Å². The van der Waals surface area contributed by atoms with Crippen molar-refractivity contribution in [2.75, 3.05) is 0 Å². The van der Waals surface area contributed by atoms with Crippen molar-refractivity contribution in [3.63, 3.8) is 0 Å². The molecule has 2 aromatic rings. The first-order chi connectivity index (χ1) is 8.47. The Labute approximate surface area is 114 Å². The molecule has 1 aromatic heterocycles. The molecule has 0 aliphatic carbocycles. The van der Waals surface area contributed by atoms with E-state index in [-0.39, 0.29) is 5.82 Å². The van der Waals surface area contributed by atoms with Crippen LogP contribution in [0.2, 0.25) is 0 Å². The number of halogens is 3. The average molecular weight is 361 g/mol. The van der Waals surface area contributed by atoms with E-state index in [1.165, 1.54) is 13.0 Å². The second-order valence-electron chi connectivity index (χ2n) is 3.84. The summed E-state index contributed by atoms with van der Waals surface area (Å²) < 4.78 is 26.2. The molecule has 1 aromatic carbocycles. The van der Waals surface area contributed by atoms with Gasteiger partial charge in [0.15, 0.2) is 0 Å². The van der Waals surface area contributed by atoms with Crippen LogP contribution in [0.15, 0.2) is 31.0 Å². The van der Waals surface area contributed by atoms with Gasteiger partial charge >= 0.3 is 114 Å². The van der Waals surface area contributed by atoms with Crippen molar-refractivity contribution in [3.05, 3.63) is 45.9 Å². The number of benzene rings is 1. The third kappa shape index (κ3) is 2.77. The van der Waals surface area contributed by atoms with Crippen molar-refractivity contribution in [2.24, 2.45) is 5.73 Å². The first kappa shape index (κ1) is 13.2. The van der Waals surface area contributed by atoms with E-state index >= 15 is 0 Å². The predicted octanol–water partition coefficient (Wildman–Crippen LogP) is -0.123. The van der Waals surface area contributed by atoms with Crippen LogP contribution in [0.3, 0.4) is 0 Å². The van der Waals surface area contributed by atoms with Crippen molar-refractivity contribution < 1.29 is 30.0 Å². The zero-order valence-corrected chi connectivity index (χ0v) is 11.9. The summed E-state index contributed by atoms with van der Waals surface area (Å²) in [5.41, 5.74) is 7.27. The Bertz CT molecular complexity index is 611. The molecule has 0 radical (unpaired) electrons. The van der Waals surface area contributed by atoms with Crippen molar-refractivity contribution in [1.29, 1.82) is 0 Å². The van der Waals surface area contributed by atoms with Gasteiger partial charge in [-0.05, 0) is 0 Å². The molecule has 2 nitrogen and oxygen atoms in total. The molecular formula is C13H12F2IN2-. The van der Waals surface area contributed by atoms with Crippen molar-refractivity contribution in [2.45, 2.75) is 11.1 Å². The fourth-order valence-corrected chi connectivity index (χ4v) is 3.40. The number of fused-ring (bicyclic) bond motifs is 1. The van der Waals surface area contributed by atoms with Gasteiger partial charge in [-0.3, -0.25) is 0 Å². The predicted molar refractivity (Wildman–Crippen MR) is 64.2 cm³/mol. The topological polar surface area (TPSA) is 38.9 Å². The molecule has 0 amide bonds. The Morgan fingerprint density at radius 2 is 2.17 bits per heavy atom. The van der Waals surface area contributed by atoms with E-state index in [0.29, 0.717) is 25.7 Å². The van der Waals surface area contributed by atoms with Crippen LogP contribution in [0.1, 0.15) is 12.5 Å². The maximum atomic E-state index is 13.8. The Morgan fingerprint density at radius 1 is 1.44 bits per heavy atom. The van der Waals surface area contributed by atoms with Crippen LogP contribution in [0.5, 0.6) is 0 Å². The SMILES string of the molecule is C=C(N)c1cnc2cc([I-]C(C)F)c(F)cc2c1. The molecule has 5 heteroatoms. The van der Waals surface area contributed by atoms with Crippen LogP contribution in [0, 0.1) is 9.39 Å². The van der Waals surface area contributed by atoms with Crippen molar-refractivity contribution in [1.82, 2.24) is 4.98 Å². The molecule has 1 unspecified atom stereocenters. The minimum absolute atomic E-state index is 0.374. The van der Waals surface area contributed by atoms with Gasteiger partial charge in [0, 0.05) is 0 Å².